The van der Waals surface area contributed by atoms with Crippen molar-refractivity contribution in [2.75, 3.05) is 13.7 Å². The maximum atomic E-state index is 11.2. The largest absolute Gasteiger partial charge is 0.468 e. The van der Waals surface area contributed by atoms with Gasteiger partial charge in [-0.05, 0) is 6.42 Å². The number of nitrogens with zero attached hydrogens (tertiary/aromatic N) is 2. The van der Waals surface area contributed by atoms with Crippen LogP contribution in [0.5, 0.6) is 0 Å². The van der Waals surface area contributed by atoms with Gasteiger partial charge in [0.2, 0.25) is 0 Å². The molecular weight excluding hydrogens is 182 g/mol. The van der Waals surface area contributed by atoms with Gasteiger partial charge in [-0.25, -0.2) is 4.98 Å². The minimum absolute atomic E-state index is 0.174. The van der Waals surface area contributed by atoms with E-state index in [9.17, 15) is 4.79 Å². The summed E-state index contributed by atoms with van der Waals surface area (Å²) in [4.78, 5) is 15.2. The maximum Gasteiger partial charge on any atom is 0.322 e. The Morgan fingerprint density at radius 2 is 2.57 bits per heavy atom. The molecule has 5 heteroatoms. The highest BCUT2D eigenvalue weighted by molar-refractivity contribution is 5.76. The van der Waals surface area contributed by atoms with Crippen molar-refractivity contribution in [3.63, 3.8) is 0 Å². The molecule has 2 atom stereocenters. The normalized spacial score (nSPS) is 26.4. The molecule has 1 N–H and O–H groups in total. The Bertz CT molecular complexity index is 310. The van der Waals surface area contributed by atoms with Gasteiger partial charge in [-0.15, -0.1) is 0 Å². The van der Waals surface area contributed by atoms with E-state index in [0.717, 1.165) is 13.0 Å². The van der Waals surface area contributed by atoms with Crippen molar-refractivity contribution < 1.29 is 9.53 Å². The first-order valence-corrected chi connectivity index (χ1v) is 4.60. The van der Waals surface area contributed by atoms with E-state index in [4.69, 9.17) is 0 Å². The number of methoxy groups -OCH3 is 1. The molecular formula is C9H13N3O2. The molecule has 0 saturated carbocycles. The summed E-state index contributed by atoms with van der Waals surface area (Å²) in [5, 5.41) is 3.12. The molecule has 0 spiro atoms. The summed E-state index contributed by atoms with van der Waals surface area (Å²) in [6.45, 7) is 0.788. The lowest BCUT2D eigenvalue weighted by atomic mass is 10.2. The molecule has 0 radical (unpaired) electrons. The van der Waals surface area contributed by atoms with Crippen LogP contribution in [0.25, 0.3) is 0 Å². The molecule has 1 aromatic heterocycles. The quantitative estimate of drug-likeness (QED) is 0.673. The molecule has 1 aromatic rings. The first-order valence-electron chi connectivity index (χ1n) is 4.60. The lowest BCUT2D eigenvalue weighted by Crippen LogP contribution is -2.31. The molecule has 0 amide bonds. The van der Waals surface area contributed by atoms with Gasteiger partial charge in [0.15, 0.2) is 0 Å². The van der Waals surface area contributed by atoms with Gasteiger partial charge in [0, 0.05) is 25.0 Å². The van der Waals surface area contributed by atoms with Crippen LogP contribution in [0.15, 0.2) is 18.7 Å². The van der Waals surface area contributed by atoms with Crippen LogP contribution in [0.2, 0.25) is 0 Å². The van der Waals surface area contributed by atoms with Crippen LogP contribution in [-0.2, 0) is 9.53 Å². The lowest BCUT2D eigenvalue weighted by Gasteiger charge is -2.09. The van der Waals surface area contributed by atoms with Crippen molar-refractivity contribution in [1.82, 2.24) is 14.9 Å². The van der Waals surface area contributed by atoms with E-state index < -0.39 is 0 Å². The fourth-order valence-electron chi connectivity index (χ4n) is 1.75. The van der Waals surface area contributed by atoms with E-state index in [-0.39, 0.29) is 12.0 Å². The van der Waals surface area contributed by atoms with Gasteiger partial charge < -0.3 is 14.6 Å². The standard InChI is InChI=1S/C9H13N3O2/c1-14-9(13)8-4-7(5-11-8)12-3-2-10-6-12/h2-3,6-8,11H,4-5H2,1H3/t7-,8+/m0/s1. The van der Waals surface area contributed by atoms with Crippen LogP contribution in [0.4, 0.5) is 0 Å². The van der Waals surface area contributed by atoms with Gasteiger partial charge in [0.1, 0.15) is 6.04 Å². The van der Waals surface area contributed by atoms with Gasteiger partial charge in [-0.3, -0.25) is 4.79 Å². The highest BCUT2D eigenvalue weighted by Crippen LogP contribution is 2.19. The molecule has 76 valence electrons. The van der Waals surface area contributed by atoms with E-state index in [2.05, 4.69) is 15.0 Å². The van der Waals surface area contributed by atoms with E-state index in [1.165, 1.54) is 7.11 Å². The monoisotopic (exact) mass is 195 g/mol. The van der Waals surface area contributed by atoms with Crippen molar-refractivity contribution >= 4 is 5.97 Å². The van der Waals surface area contributed by atoms with E-state index in [1.54, 1.807) is 12.5 Å². The topological polar surface area (TPSA) is 56.2 Å². The number of nitrogens with one attached hydrogen (secondary N) is 1. The molecule has 14 heavy (non-hydrogen) atoms. The maximum absolute atomic E-state index is 11.2. The lowest BCUT2D eigenvalue weighted by molar-refractivity contribution is -0.142. The number of imidazole rings is 1. The summed E-state index contributed by atoms with van der Waals surface area (Å²) in [6, 6.07) is 0.133. The fraction of sp³-hybridized carbons (Fsp3) is 0.556. The number of carbonyl (C=O) groups excluding carboxylic acids is 1. The third kappa shape index (κ3) is 1.63. The summed E-state index contributed by atoms with van der Waals surface area (Å²) >= 11 is 0. The molecule has 0 bridgehead atoms. The highest BCUT2D eigenvalue weighted by Gasteiger charge is 2.30. The van der Waals surface area contributed by atoms with Crippen molar-refractivity contribution in [1.29, 1.82) is 0 Å². The Labute approximate surface area is 82.1 Å². The predicted molar refractivity (Wildman–Crippen MR) is 49.7 cm³/mol. The van der Waals surface area contributed by atoms with Gasteiger partial charge in [-0.1, -0.05) is 0 Å². The summed E-state index contributed by atoms with van der Waals surface area (Å²) in [6.07, 6.45) is 6.19. The van der Waals surface area contributed by atoms with Crippen LogP contribution < -0.4 is 5.32 Å². The average molecular weight is 195 g/mol. The molecule has 2 heterocycles. The molecule has 0 aliphatic carbocycles. The van der Waals surface area contributed by atoms with E-state index in [1.807, 2.05) is 10.8 Å². The van der Waals surface area contributed by atoms with E-state index >= 15 is 0 Å². The average Bonchev–Trinajstić information content (AvgIpc) is 2.86. The molecule has 1 saturated heterocycles. The minimum atomic E-state index is -0.187. The Balaban J connectivity index is 1.98. The third-order valence-electron chi connectivity index (χ3n) is 2.54. The molecule has 2 rings (SSSR count). The second kappa shape index (κ2) is 3.79. The minimum Gasteiger partial charge on any atom is -0.468 e. The zero-order chi connectivity index (χ0) is 9.97. The zero-order valence-corrected chi connectivity index (χ0v) is 8.01. The second-order valence-electron chi connectivity index (χ2n) is 3.38. The van der Waals surface area contributed by atoms with Crippen LogP contribution >= 0.6 is 0 Å². The summed E-state index contributed by atoms with van der Waals surface area (Å²) in [7, 11) is 1.41. The Morgan fingerprint density at radius 3 is 3.21 bits per heavy atom. The molecule has 1 aliphatic heterocycles. The molecule has 1 fully saturated rings. The molecule has 0 unspecified atom stereocenters. The van der Waals surface area contributed by atoms with Crippen LogP contribution in [0.3, 0.4) is 0 Å². The summed E-state index contributed by atoms with van der Waals surface area (Å²) < 4.78 is 6.68. The number of rotatable bonds is 2. The van der Waals surface area contributed by atoms with Gasteiger partial charge in [-0.2, -0.15) is 0 Å². The highest BCUT2D eigenvalue weighted by atomic mass is 16.5. The van der Waals surface area contributed by atoms with E-state index in [0.29, 0.717) is 6.04 Å². The second-order valence-corrected chi connectivity index (χ2v) is 3.38. The third-order valence-corrected chi connectivity index (χ3v) is 2.54. The predicted octanol–water partition coefficient (Wildman–Crippen LogP) is -0.0409. The number of esters is 1. The van der Waals surface area contributed by atoms with Gasteiger partial charge >= 0.3 is 5.97 Å². The smallest absolute Gasteiger partial charge is 0.322 e. The van der Waals surface area contributed by atoms with Crippen LogP contribution in [-0.4, -0.2) is 35.2 Å². The zero-order valence-electron chi connectivity index (χ0n) is 8.01. The summed E-state index contributed by atoms with van der Waals surface area (Å²) in [5.74, 6) is -0.187. The molecule has 0 aromatic carbocycles. The van der Waals surface area contributed by atoms with Crippen molar-refractivity contribution in [2.45, 2.75) is 18.5 Å². The van der Waals surface area contributed by atoms with Crippen molar-refractivity contribution in [3.8, 4) is 0 Å². The Hall–Kier alpha value is -1.36. The first kappa shape index (κ1) is 9.21. The molecule has 5 nitrogen and oxygen atoms in total. The SMILES string of the molecule is COC(=O)[C@H]1C[C@H](n2ccnc2)CN1. The number of aromatic nitrogens is 2. The number of carbonyl (C=O) groups is 1. The van der Waals surface area contributed by atoms with Crippen LogP contribution in [0.1, 0.15) is 12.5 Å². The number of ether oxygens (including phenoxy) is 1. The number of hydrogen-bond acceptors (Lipinski definition) is 4. The van der Waals surface area contributed by atoms with Crippen molar-refractivity contribution in [2.24, 2.45) is 0 Å². The Morgan fingerprint density at radius 1 is 1.71 bits per heavy atom. The molecule has 1 aliphatic rings. The van der Waals surface area contributed by atoms with Crippen LogP contribution in [0, 0.1) is 0 Å². The van der Waals surface area contributed by atoms with Gasteiger partial charge in [0.25, 0.3) is 0 Å². The fourth-order valence-corrected chi connectivity index (χ4v) is 1.75. The van der Waals surface area contributed by atoms with Gasteiger partial charge in [0.05, 0.1) is 13.4 Å². The first-order chi connectivity index (χ1) is 6.81. The summed E-state index contributed by atoms with van der Waals surface area (Å²) in [5.41, 5.74) is 0. The Kier molecular flexibility index (Phi) is 2.49. The van der Waals surface area contributed by atoms with Crippen molar-refractivity contribution in [3.05, 3.63) is 18.7 Å². The number of hydrogen-bond donors (Lipinski definition) is 1.